The van der Waals surface area contributed by atoms with Gasteiger partial charge in [0, 0.05) is 12.0 Å². The molecule has 0 radical (unpaired) electrons. The Hall–Kier alpha value is -2.61. The minimum atomic E-state index is 0.333. The highest BCUT2D eigenvalue weighted by molar-refractivity contribution is 6.10. The van der Waals surface area contributed by atoms with Crippen LogP contribution in [-0.2, 0) is 4.74 Å². The summed E-state index contributed by atoms with van der Waals surface area (Å²) >= 11 is 0. The van der Waals surface area contributed by atoms with Crippen molar-refractivity contribution >= 4 is 28.7 Å². The largest absolute Gasteiger partial charge is 0.497 e. The van der Waals surface area contributed by atoms with Gasteiger partial charge in [-0.2, -0.15) is 0 Å². The maximum Gasteiger partial charge on any atom is 0.163 e. The third-order valence-corrected chi connectivity index (χ3v) is 5.73. The van der Waals surface area contributed by atoms with E-state index in [1.807, 2.05) is 18.2 Å². The summed E-state index contributed by atoms with van der Waals surface area (Å²) in [6.45, 7) is 2.96. The van der Waals surface area contributed by atoms with Crippen molar-refractivity contribution in [2.45, 2.75) is 44.9 Å². The van der Waals surface area contributed by atoms with E-state index < -0.39 is 0 Å². The normalized spacial score (nSPS) is 19.7. The monoisotopic (exact) mass is 358 g/mol. The molecule has 1 atom stereocenters. The highest BCUT2D eigenvalue weighted by Gasteiger charge is 2.26. The van der Waals surface area contributed by atoms with E-state index in [4.69, 9.17) is 4.74 Å². The summed E-state index contributed by atoms with van der Waals surface area (Å²) in [5, 5.41) is 5.07. The number of allylic oxidation sites excluding steroid dienone is 2. The van der Waals surface area contributed by atoms with Crippen molar-refractivity contribution in [2.24, 2.45) is 0 Å². The molecule has 1 unspecified atom stereocenters. The molecule has 0 saturated heterocycles. The number of fused-ring (bicyclic) bond motifs is 5. The molecule has 2 aromatic rings. The van der Waals surface area contributed by atoms with Gasteiger partial charge < -0.3 is 4.74 Å². The van der Waals surface area contributed by atoms with Gasteiger partial charge in [0.2, 0.25) is 0 Å². The van der Waals surface area contributed by atoms with E-state index in [2.05, 4.69) is 43.3 Å². The van der Waals surface area contributed by atoms with Crippen LogP contribution >= 0.6 is 0 Å². The van der Waals surface area contributed by atoms with Crippen molar-refractivity contribution < 1.29 is 9.53 Å². The summed E-state index contributed by atoms with van der Waals surface area (Å²) in [7, 11) is 0. The van der Waals surface area contributed by atoms with Gasteiger partial charge in [0.1, 0.15) is 6.61 Å². The summed E-state index contributed by atoms with van der Waals surface area (Å²) in [4.78, 5) is 12.5. The Labute approximate surface area is 160 Å². The number of ether oxygens (including phenoxy) is 1. The highest BCUT2D eigenvalue weighted by atomic mass is 16.5. The fourth-order valence-electron chi connectivity index (χ4n) is 4.34. The lowest BCUT2D eigenvalue weighted by atomic mass is 9.78. The first-order valence-corrected chi connectivity index (χ1v) is 10.0. The molecule has 0 bridgehead atoms. The number of hydrogen-bond donors (Lipinski definition) is 0. The molecule has 3 aliphatic rings. The second kappa shape index (κ2) is 7.96. The first-order chi connectivity index (χ1) is 13.3. The Morgan fingerprint density at radius 3 is 2.59 bits per heavy atom. The third-order valence-electron chi connectivity index (χ3n) is 5.73. The Morgan fingerprint density at radius 1 is 1.04 bits per heavy atom. The number of benzene rings is 2. The number of Topliss-reactive ketones (excluding diaryl/α,β-unsaturated/α-hetero) is 1. The lowest BCUT2D eigenvalue weighted by molar-refractivity contribution is 0.0968. The van der Waals surface area contributed by atoms with Crippen LogP contribution in [0.15, 0.2) is 48.8 Å². The van der Waals surface area contributed by atoms with Gasteiger partial charge in [-0.1, -0.05) is 49.4 Å². The van der Waals surface area contributed by atoms with Gasteiger partial charge in [0.25, 0.3) is 0 Å². The van der Waals surface area contributed by atoms with E-state index >= 15 is 0 Å². The minimum Gasteiger partial charge on any atom is -0.497 e. The first kappa shape index (κ1) is 17.8. The lowest BCUT2D eigenvalue weighted by Crippen LogP contribution is -2.28. The Morgan fingerprint density at radius 2 is 1.89 bits per heavy atom. The Kier molecular flexibility index (Phi) is 5.24. The number of rotatable bonds is 1. The van der Waals surface area contributed by atoms with Gasteiger partial charge in [-0.15, -0.1) is 0 Å². The van der Waals surface area contributed by atoms with Crippen LogP contribution < -0.4 is 10.4 Å². The van der Waals surface area contributed by atoms with E-state index in [0.717, 1.165) is 37.9 Å². The molecular weight excluding hydrogens is 332 g/mol. The smallest absolute Gasteiger partial charge is 0.163 e. The summed E-state index contributed by atoms with van der Waals surface area (Å²) in [6, 6.07) is 8.81. The summed E-state index contributed by atoms with van der Waals surface area (Å²) in [5.74, 6) is 0.883. The van der Waals surface area contributed by atoms with Crippen molar-refractivity contribution in [3.05, 3.63) is 70.3 Å². The van der Waals surface area contributed by atoms with Gasteiger partial charge >= 0.3 is 0 Å². The van der Waals surface area contributed by atoms with Gasteiger partial charge in [0.05, 0.1) is 6.26 Å². The lowest BCUT2D eigenvalue weighted by Gasteiger charge is -2.25. The predicted molar refractivity (Wildman–Crippen MR) is 112 cm³/mol. The number of carbonyl (C=O) groups excluding carboxylic acids is 1. The molecule has 0 saturated carbocycles. The number of carbonyl (C=O) groups is 1. The zero-order valence-electron chi connectivity index (χ0n) is 15.9. The average molecular weight is 358 g/mol. The molecule has 2 heteroatoms. The van der Waals surface area contributed by atoms with E-state index in [0.29, 0.717) is 18.1 Å². The summed E-state index contributed by atoms with van der Waals surface area (Å²) < 4.78 is 4.80. The van der Waals surface area contributed by atoms with Crippen LogP contribution in [0.1, 0.15) is 60.9 Å². The zero-order valence-corrected chi connectivity index (χ0v) is 15.9. The van der Waals surface area contributed by atoms with Gasteiger partial charge in [-0.05, 0) is 70.5 Å². The van der Waals surface area contributed by atoms with E-state index in [1.54, 1.807) is 6.26 Å². The van der Waals surface area contributed by atoms with Gasteiger partial charge in [-0.3, -0.25) is 4.79 Å². The molecule has 0 amide bonds. The van der Waals surface area contributed by atoms with Crippen molar-refractivity contribution in [3.8, 4) is 0 Å². The standard InChI is InChI=1S/C20H20O.C5H6O/c1-2-13-8-12-19(21)20-16(13)10-11-17-15-6-4-3-5-14(15)7-9-18(17)20;1-2-4-6-5-3-1/h5-7,9-11,13H,2-4,8,12H2,1H3;1-4H,5H2. The zero-order chi connectivity index (χ0) is 18.6. The summed E-state index contributed by atoms with van der Waals surface area (Å²) in [5.41, 5.74) is 2.29. The predicted octanol–water partition coefficient (Wildman–Crippen LogP) is 4.75. The molecule has 27 heavy (non-hydrogen) atoms. The molecule has 0 spiro atoms. The Balaban J connectivity index is 0.000000257. The average Bonchev–Trinajstić information content (AvgIpc) is 2.75. The third kappa shape index (κ3) is 3.49. The maximum absolute atomic E-state index is 12.5. The summed E-state index contributed by atoms with van der Waals surface area (Å²) in [6.07, 6.45) is 17.2. The van der Waals surface area contributed by atoms with Gasteiger partial charge in [-0.25, -0.2) is 0 Å². The van der Waals surface area contributed by atoms with Crippen molar-refractivity contribution in [2.75, 3.05) is 6.61 Å². The molecule has 0 fully saturated rings. The minimum absolute atomic E-state index is 0.333. The topological polar surface area (TPSA) is 26.3 Å². The van der Waals surface area contributed by atoms with E-state index in [-0.39, 0.29) is 0 Å². The molecule has 2 aromatic carbocycles. The van der Waals surface area contributed by atoms with Crippen LogP contribution in [-0.4, -0.2) is 12.4 Å². The van der Waals surface area contributed by atoms with Crippen LogP contribution in [0.2, 0.25) is 0 Å². The fourth-order valence-corrected chi connectivity index (χ4v) is 4.34. The number of ketones is 1. The maximum atomic E-state index is 12.5. The fraction of sp³-hybridized carbons (Fsp3) is 0.320. The van der Waals surface area contributed by atoms with Gasteiger partial charge in [0.15, 0.2) is 5.78 Å². The molecule has 0 N–H and O–H groups in total. The van der Waals surface area contributed by atoms with Crippen LogP contribution in [0.5, 0.6) is 0 Å². The SMILES string of the molecule is C1=CCOC=C1.CCC1CCC(=O)c2c1ccc1c3c(ccc21)=CCCC=3. The molecule has 2 aliphatic carbocycles. The number of hydrogen-bond acceptors (Lipinski definition) is 2. The van der Waals surface area contributed by atoms with E-state index in [1.165, 1.54) is 26.8 Å². The van der Waals surface area contributed by atoms with Crippen LogP contribution in [0, 0.1) is 0 Å². The van der Waals surface area contributed by atoms with Crippen LogP contribution in [0.4, 0.5) is 0 Å². The van der Waals surface area contributed by atoms with Crippen molar-refractivity contribution in [1.82, 2.24) is 0 Å². The van der Waals surface area contributed by atoms with Crippen LogP contribution in [0.25, 0.3) is 22.9 Å². The first-order valence-electron chi connectivity index (χ1n) is 10.0. The molecule has 1 heterocycles. The van der Waals surface area contributed by atoms with Crippen molar-refractivity contribution in [1.29, 1.82) is 0 Å². The molecule has 138 valence electrons. The molecule has 1 aliphatic heterocycles. The second-order valence-electron chi connectivity index (χ2n) is 7.34. The molecule has 5 rings (SSSR count). The quantitative estimate of drug-likeness (QED) is 0.735. The van der Waals surface area contributed by atoms with Crippen molar-refractivity contribution in [3.63, 3.8) is 0 Å². The van der Waals surface area contributed by atoms with E-state index in [9.17, 15) is 4.79 Å². The molecular formula is C25H26O2. The highest BCUT2D eigenvalue weighted by Crippen LogP contribution is 2.36. The Bertz CT molecular complexity index is 1030. The molecule has 0 aromatic heterocycles. The van der Waals surface area contributed by atoms with Crippen LogP contribution in [0.3, 0.4) is 0 Å². The molecule has 2 nitrogen and oxygen atoms in total. The second-order valence-corrected chi connectivity index (χ2v) is 7.34.